The second kappa shape index (κ2) is 10.3. The van der Waals surface area contributed by atoms with Gasteiger partial charge in [-0.15, -0.1) is 24.8 Å². The molecule has 0 radical (unpaired) electrons. The highest BCUT2D eigenvalue weighted by molar-refractivity contribution is 5.85. The molecule has 1 aromatic carbocycles. The maximum Gasteiger partial charge on any atom is 0.416 e. The van der Waals surface area contributed by atoms with Crippen LogP contribution in [0.4, 0.5) is 13.2 Å². The maximum atomic E-state index is 12.6. The van der Waals surface area contributed by atoms with E-state index in [1.807, 2.05) is 7.05 Å². The van der Waals surface area contributed by atoms with E-state index in [4.69, 9.17) is 0 Å². The summed E-state index contributed by atoms with van der Waals surface area (Å²) in [4.78, 5) is 0. The Hall–Kier alpha value is -0.490. The maximum absolute atomic E-state index is 12.6. The molecule has 0 heterocycles. The summed E-state index contributed by atoms with van der Waals surface area (Å²) < 4.78 is 37.9. The fraction of sp³-hybridized carbons (Fsp3) is 0.500. The lowest BCUT2D eigenvalue weighted by molar-refractivity contribution is -0.138. The first-order valence-electron chi connectivity index (χ1n) is 5.56. The lowest BCUT2D eigenvalue weighted by atomic mass is 10.1. The smallest absolute Gasteiger partial charge is 0.320 e. The fourth-order valence-corrected chi connectivity index (χ4v) is 1.56. The zero-order valence-electron chi connectivity index (χ0n) is 10.6. The van der Waals surface area contributed by atoms with Crippen molar-refractivity contribution in [3.63, 3.8) is 0 Å². The third kappa shape index (κ3) is 7.62. The highest BCUT2D eigenvalue weighted by Gasteiger charge is 2.32. The van der Waals surface area contributed by atoms with Crippen molar-refractivity contribution in [2.75, 3.05) is 20.1 Å². The molecule has 0 spiro atoms. The molecule has 0 aliphatic rings. The summed E-state index contributed by atoms with van der Waals surface area (Å²) in [5.74, 6) is 0. The van der Waals surface area contributed by atoms with E-state index in [0.29, 0.717) is 12.1 Å². The van der Waals surface area contributed by atoms with E-state index >= 15 is 0 Å². The van der Waals surface area contributed by atoms with E-state index in [-0.39, 0.29) is 31.4 Å². The predicted octanol–water partition coefficient (Wildman–Crippen LogP) is 3.25. The molecule has 0 amide bonds. The Morgan fingerprint density at radius 3 is 2.26 bits per heavy atom. The van der Waals surface area contributed by atoms with Crippen LogP contribution in [0.1, 0.15) is 17.5 Å². The summed E-state index contributed by atoms with van der Waals surface area (Å²) in [6, 6.07) is 5.66. The molecule has 0 aliphatic heterocycles. The van der Waals surface area contributed by atoms with Crippen LogP contribution in [0.15, 0.2) is 24.3 Å². The number of halogens is 5. The number of nitrogens with one attached hydrogen (secondary N) is 2. The van der Waals surface area contributed by atoms with Gasteiger partial charge in [0.05, 0.1) is 5.56 Å². The molecule has 0 fully saturated rings. The quantitative estimate of drug-likeness (QED) is 0.787. The molecule has 2 nitrogen and oxygen atoms in total. The van der Waals surface area contributed by atoms with E-state index in [9.17, 15) is 13.2 Å². The van der Waals surface area contributed by atoms with Gasteiger partial charge in [0.2, 0.25) is 0 Å². The number of alkyl halides is 3. The molecule has 1 rings (SSSR count). The fourth-order valence-electron chi connectivity index (χ4n) is 1.56. The Morgan fingerprint density at radius 2 is 1.68 bits per heavy atom. The number of hydrogen-bond donors (Lipinski definition) is 2. The van der Waals surface area contributed by atoms with Gasteiger partial charge in [-0.05, 0) is 38.2 Å². The van der Waals surface area contributed by atoms with Crippen LogP contribution in [-0.4, -0.2) is 20.1 Å². The lowest BCUT2D eigenvalue weighted by Crippen LogP contribution is -2.21. The van der Waals surface area contributed by atoms with Gasteiger partial charge in [-0.25, -0.2) is 0 Å². The van der Waals surface area contributed by atoms with Crippen LogP contribution >= 0.6 is 24.8 Å². The van der Waals surface area contributed by atoms with E-state index in [2.05, 4.69) is 10.6 Å². The molecule has 112 valence electrons. The van der Waals surface area contributed by atoms with Crippen LogP contribution in [0.3, 0.4) is 0 Å². The van der Waals surface area contributed by atoms with Crippen LogP contribution in [0.5, 0.6) is 0 Å². The monoisotopic (exact) mass is 318 g/mol. The minimum Gasteiger partial charge on any atom is -0.320 e. The Bertz CT molecular complexity index is 346. The minimum atomic E-state index is -4.27. The van der Waals surface area contributed by atoms with Crippen molar-refractivity contribution >= 4 is 24.8 Å². The molecule has 0 bridgehead atoms. The number of hydrogen-bond acceptors (Lipinski definition) is 2. The van der Waals surface area contributed by atoms with Crippen molar-refractivity contribution in [1.29, 1.82) is 0 Å². The normalized spacial score (nSPS) is 10.5. The van der Waals surface area contributed by atoms with Crippen molar-refractivity contribution < 1.29 is 13.2 Å². The molecule has 0 saturated heterocycles. The summed E-state index contributed by atoms with van der Waals surface area (Å²) in [5.41, 5.74) is -0.259. The summed E-state index contributed by atoms with van der Waals surface area (Å²) >= 11 is 0. The summed E-state index contributed by atoms with van der Waals surface area (Å²) in [7, 11) is 1.85. The van der Waals surface area contributed by atoms with Crippen molar-refractivity contribution in [1.82, 2.24) is 10.6 Å². The molecular weight excluding hydrogens is 300 g/mol. The van der Waals surface area contributed by atoms with E-state index < -0.39 is 11.7 Å². The van der Waals surface area contributed by atoms with E-state index in [1.54, 1.807) is 6.07 Å². The SMILES string of the molecule is CNCCCNCc1ccccc1C(F)(F)F.Cl.Cl. The first kappa shape index (κ1) is 20.8. The standard InChI is InChI=1S/C12H17F3N2.2ClH/c1-16-7-4-8-17-9-10-5-2-3-6-11(10)12(13,14)15;;/h2-3,5-6,16-17H,4,7-9H2,1H3;2*1H. The largest absolute Gasteiger partial charge is 0.416 e. The summed E-state index contributed by atoms with van der Waals surface area (Å²) in [6.45, 7) is 1.81. The second-order valence-electron chi connectivity index (χ2n) is 3.79. The van der Waals surface area contributed by atoms with Gasteiger partial charge < -0.3 is 10.6 Å². The molecular formula is C12H19Cl2F3N2. The van der Waals surface area contributed by atoms with Crippen LogP contribution in [0.25, 0.3) is 0 Å². The van der Waals surface area contributed by atoms with Gasteiger partial charge in [0.1, 0.15) is 0 Å². The first-order valence-corrected chi connectivity index (χ1v) is 5.56. The Balaban J connectivity index is 0. The van der Waals surface area contributed by atoms with Crippen LogP contribution in [0.2, 0.25) is 0 Å². The Labute approximate surface area is 124 Å². The molecule has 2 N–H and O–H groups in total. The Morgan fingerprint density at radius 1 is 1.05 bits per heavy atom. The molecule has 0 atom stereocenters. The van der Waals surface area contributed by atoms with Gasteiger partial charge in [0.15, 0.2) is 0 Å². The molecule has 7 heteroatoms. The average Bonchev–Trinajstić information content (AvgIpc) is 2.28. The van der Waals surface area contributed by atoms with Crippen LogP contribution in [0, 0.1) is 0 Å². The predicted molar refractivity (Wildman–Crippen MR) is 76.2 cm³/mol. The average molecular weight is 319 g/mol. The minimum absolute atomic E-state index is 0. The number of benzene rings is 1. The zero-order chi connectivity index (χ0) is 12.7. The highest BCUT2D eigenvalue weighted by atomic mass is 35.5. The van der Waals surface area contributed by atoms with Gasteiger partial charge in [0.25, 0.3) is 0 Å². The van der Waals surface area contributed by atoms with Gasteiger partial charge in [-0.2, -0.15) is 13.2 Å². The lowest BCUT2D eigenvalue weighted by Gasteiger charge is -2.13. The van der Waals surface area contributed by atoms with Gasteiger partial charge in [-0.1, -0.05) is 18.2 Å². The van der Waals surface area contributed by atoms with Gasteiger partial charge in [0, 0.05) is 6.54 Å². The summed E-state index contributed by atoms with van der Waals surface area (Å²) in [5, 5.41) is 5.99. The molecule has 19 heavy (non-hydrogen) atoms. The van der Waals surface area contributed by atoms with Crippen molar-refractivity contribution in [2.24, 2.45) is 0 Å². The van der Waals surface area contributed by atoms with Crippen molar-refractivity contribution in [3.05, 3.63) is 35.4 Å². The molecule has 0 unspecified atom stereocenters. The molecule has 1 aromatic rings. The van der Waals surface area contributed by atoms with E-state index in [0.717, 1.165) is 19.0 Å². The van der Waals surface area contributed by atoms with Crippen molar-refractivity contribution in [3.8, 4) is 0 Å². The van der Waals surface area contributed by atoms with Gasteiger partial charge in [-0.3, -0.25) is 0 Å². The third-order valence-electron chi connectivity index (χ3n) is 2.42. The Kier molecular flexibility index (Phi) is 11.3. The molecule has 0 aliphatic carbocycles. The third-order valence-corrected chi connectivity index (χ3v) is 2.42. The van der Waals surface area contributed by atoms with Crippen LogP contribution in [-0.2, 0) is 12.7 Å². The zero-order valence-corrected chi connectivity index (χ0v) is 12.2. The van der Waals surface area contributed by atoms with Crippen molar-refractivity contribution in [2.45, 2.75) is 19.1 Å². The molecule has 0 aromatic heterocycles. The number of rotatable bonds is 6. The topological polar surface area (TPSA) is 24.1 Å². The van der Waals surface area contributed by atoms with E-state index in [1.165, 1.54) is 12.1 Å². The van der Waals surface area contributed by atoms with Crippen LogP contribution < -0.4 is 10.6 Å². The molecule has 0 saturated carbocycles. The van der Waals surface area contributed by atoms with Gasteiger partial charge >= 0.3 is 6.18 Å². The summed E-state index contributed by atoms with van der Waals surface area (Å²) in [6.07, 6.45) is -3.38. The highest BCUT2D eigenvalue weighted by Crippen LogP contribution is 2.31. The first-order chi connectivity index (χ1) is 8.05. The second-order valence-corrected chi connectivity index (χ2v) is 3.79.